The van der Waals surface area contributed by atoms with E-state index in [-0.39, 0.29) is 11.4 Å². The largest absolute Gasteiger partial charge is 0.506 e. The van der Waals surface area contributed by atoms with E-state index in [1.807, 2.05) is 0 Å². The van der Waals surface area contributed by atoms with Crippen LogP contribution in [-0.2, 0) is 9.47 Å². The summed E-state index contributed by atoms with van der Waals surface area (Å²) < 4.78 is 9.79. The summed E-state index contributed by atoms with van der Waals surface area (Å²) in [6.45, 7) is 0.846. The van der Waals surface area contributed by atoms with Gasteiger partial charge in [0.05, 0.1) is 17.9 Å². The summed E-state index contributed by atoms with van der Waals surface area (Å²) in [5.41, 5.74) is 5.94. The number of aromatic hydroxyl groups is 1. The molecule has 1 rings (SSSR count). The summed E-state index contributed by atoms with van der Waals surface area (Å²) in [5.74, 6) is -0.501. The second kappa shape index (κ2) is 5.97. The first-order valence-electron chi connectivity index (χ1n) is 4.89. The number of nitrogens with two attached hydrogens (primary N) is 1. The molecule has 0 atom stereocenters. The van der Waals surface area contributed by atoms with Crippen LogP contribution in [0.4, 0.5) is 5.69 Å². The molecule has 0 aliphatic rings. The molecular weight excluding hydrogens is 210 g/mol. The molecule has 3 N–H and O–H groups in total. The van der Waals surface area contributed by atoms with Gasteiger partial charge in [-0.2, -0.15) is 0 Å². The molecule has 0 amide bonds. The molecular formula is C11H15NO4. The van der Waals surface area contributed by atoms with E-state index in [0.717, 1.165) is 0 Å². The van der Waals surface area contributed by atoms with Crippen LogP contribution in [0, 0.1) is 0 Å². The minimum absolute atomic E-state index is 0.0454. The van der Waals surface area contributed by atoms with Crippen molar-refractivity contribution < 1.29 is 19.4 Å². The van der Waals surface area contributed by atoms with E-state index in [1.54, 1.807) is 7.11 Å². The first-order valence-corrected chi connectivity index (χ1v) is 4.89. The molecule has 0 aliphatic heterocycles. The maximum Gasteiger partial charge on any atom is 0.338 e. The van der Waals surface area contributed by atoms with Crippen molar-refractivity contribution in [2.75, 3.05) is 26.1 Å². The van der Waals surface area contributed by atoms with Gasteiger partial charge in [-0.25, -0.2) is 4.79 Å². The highest BCUT2D eigenvalue weighted by atomic mass is 16.5. The minimum Gasteiger partial charge on any atom is -0.506 e. The number of methoxy groups -OCH3 is 1. The van der Waals surface area contributed by atoms with Gasteiger partial charge in [0.1, 0.15) is 5.75 Å². The van der Waals surface area contributed by atoms with Crippen molar-refractivity contribution in [3.63, 3.8) is 0 Å². The Morgan fingerprint density at radius 2 is 2.19 bits per heavy atom. The van der Waals surface area contributed by atoms with Gasteiger partial charge in [-0.15, -0.1) is 0 Å². The van der Waals surface area contributed by atoms with Gasteiger partial charge < -0.3 is 20.3 Å². The topological polar surface area (TPSA) is 81.8 Å². The number of hydrogen-bond donors (Lipinski definition) is 2. The van der Waals surface area contributed by atoms with Gasteiger partial charge in [0, 0.05) is 20.1 Å². The molecule has 0 spiro atoms. The van der Waals surface area contributed by atoms with Crippen molar-refractivity contribution in [1.29, 1.82) is 0 Å². The first-order chi connectivity index (χ1) is 7.65. The number of nitrogen functional groups attached to an aromatic ring is 1. The Bertz CT molecular complexity index is 365. The molecule has 1 aromatic rings. The van der Waals surface area contributed by atoms with Crippen LogP contribution in [0.2, 0.25) is 0 Å². The molecule has 16 heavy (non-hydrogen) atoms. The Morgan fingerprint density at radius 3 is 2.81 bits per heavy atom. The second-order valence-electron chi connectivity index (χ2n) is 3.26. The van der Waals surface area contributed by atoms with Crippen LogP contribution in [-0.4, -0.2) is 31.4 Å². The summed E-state index contributed by atoms with van der Waals surface area (Å²) in [6, 6.07) is 4.21. The van der Waals surface area contributed by atoms with E-state index in [1.165, 1.54) is 18.2 Å². The highest BCUT2D eigenvalue weighted by molar-refractivity contribution is 5.90. The van der Waals surface area contributed by atoms with Crippen molar-refractivity contribution in [3.8, 4) is 5.75 Å². The van der Waals surface area contributed by atoms with Crippen LogP contribution in [0.1, 0.15) is 16.8 Å². The summed E-state index contributed by atoms with van der Waals surface area (Å²) in [4.78, 5) is 11.5. The van der Waals surface area contributed by atoms with Gasteiger partial charge in [0.15, 0.2) is 0 Å². The van der Waals surface area contributed by atoms with Crippen molar-refractivity contribution >= 4 is 11.7 Å². The molecule has 0 bridgehead atoms. The van der Waals surface area contributed by atoms with Crippen LogP contribution in [0.25, 0.3) is 0 Å². The zero-order valence-corrected chi connectivity index (χ0v) is 9.10. The fourth-order valence-electron chi connectivity index (χ4n) is 1.13. The number of phenolic OH excluding ortho intramolecular Hbond substituents is 1. The second-order valence-corrected chi connectivity index (χ2v) is 3.26. The van der Waals surface area contributed by atoms with Gasteiger partial charge in [-0.3, -0.25) is 0 Å². The lowest BCUT2D eigenvalue weighted by Gasteiger charge is -2.05. The zero-order valence-electron chi connectivity index (χ0n) is 9.10. The Kier molecular flexibility index (Phi) is 4.60. The number of ether oxygens (including phenoxy) is 2. The number of esters is 1. The fraction of sp³-hybridized carbons (Fsp3) is 0.364. The molecule has 1 aromatic carbocycles. The summed E-state index contributed by atoms with van der Waals surface area (Å²) in [7, 11) is 1.59. The van der Waals surface area contributed by atoms with Gasteiger partial charge in [-0.1, -0.05) is 0 Å². The lowest BCUT2D eigenvalue weighted by atomic mass is 10.2. The number of rotatable bonds is 5. The average Bonchev–Trinajstić information content (AvgIpc) is 2.28. The highest BCUT2D eigenvalue weighted by Gasteiger charge is 2.08. The average molecular weight is 225 g/mol. The van der Waals surface area contributed by atoms with Crippen molar-refractivity contribution in [1.82, 2.24) is 0 Å². The molecule has 5 nitrogen and oxygen atoms in total. The van der Waals surface area contributed by atoms with E-state index >= 15 is 0 Å². The normalized spacial score (nSPS) is 10.1. The number of phenols is 1. The number of carbonyl (C=O) groups is 1. The summed E-state index contributed by atoms with van der Waals surface area (Å²) >= 11 is 0. The van der Waals surface area contributed by atoms with Crippen LogP contribution in [0.15, 0.2) is 18.2 Å². The number of benzene rings is 1. The zero-order chi connectivity index (χ0) is 12.0. The molecule has 88 valence electrons. The van der Waals surface area contributed by atoms with Crippen molar-refractivity contribution in [2.24, 2.45) is 0 Å². The van der Waals surface area contributed by atoms with Gasteiger partial charge in [-0.05, 0) is 18.2 Å². The monoisotopic (exact) mass is 225 g/mol. The molecule has 0 unspecified atom stereocenters. The predicted octanol–water partition coefficient (Wildman–Crippen LogP) is 1.17. The van der Waals surface area contributed by atoms with E-state index < -0.39 is 5.97 Å². The van der Waals surface area contributed by atoms with Gasteiger partial charge >= 0.3 is 5.97 Å². The maximum absolute atomic E-state index is 11.5. The molecule has 0 fully saturated rings. The third-order valence-electron chi connectivity index (χ3n) is 1.99. The smallest absolute Gasteiger partial charge is 0.338 e. The van der Waals surface area contributed by atoms with E-state index in [0.29, 0.717) is 25.2 Å². The fourth-order valence-corrected chi connectivity index (χ4v) is 1.13. The Hall–Kier alpha value is -1.75. The summed E-state index contributed by atoms with van der Waals surface area (Å²) in [6.07, 6.45) is 0.649. The molecule has 0 radical (unpaired) electrons. The van der Waals surface area contributed by atoms with Crippen LogP contribution >= 0.6 is 0 Å². The third-order valence-corrected chi connectivity index (χ3v) is 1.99. The molecule has 0 saturated heterocycles. The Morgan fingerprint density at radius 1 is 1.44 bits per heavy atom. The standard InChI is InChI=1S/C11H15NO4/c1-15-5-2-6-16-11(14)8-3-4-10(13)9(12)7-8/h3-4,7,13H,2,5-6,12H2,1H3. The molecule has 5 heteroatoms. The van der Waals surface area contributed by atoms with E-state index in [4.69, 9.17) is 15.2 Å². The van der Waals surface area contributed by atoms with Gasteiger partial charge in [0.2, 0.25) is 0 Å². The van der Waals surface area contributed by atoms with E-state index in [2.05, 4.69) is 0 Å². The van der Waals surface area contributed by atoms with Gasteiger partial charge in [0.25, 0.3) is 0 Å². The first kappa shape index (κ1) is 12.3. The SMILES string of the molecule is COCCCOC(=O)c1ccc(O)c(N)c1. The highest BCUT2D eigenvalue weighted by Crippen LogP contribution is 2.20. The molecule has 0 aromatic heterocycles. The Labute approximate surface area is 93.8 Å². The van der Waals surface area contributed by atoms with Crippen LogP contribution < -0.4 is 5.73 Å². The van der Waals surface area contributed by atoms with E-state index in [9.17, 15) is 9.90 Å². The number of hydrogen-bond acceptors (Lipinski definition) is 5. The van der Waals surface area contributed by atoms with Crippen LogP contribution in [0.3, 0.4) is 0 Å². The minimum atomic E-state index is -0.456. The Balaban J connectivity index is 2.50. The summed E-state index contributed by atoms with van der Waals surface area (Å²) in [5, 5.41) is 9.18. The number of anilines is 1. The predicted molar refractivity (Wildman–Crippen MR) is 59.3 cm³/mol. The lowest BCUT2D eigenvalue weighted by molar-refractivity contribution is 0.0468. The third kappa shape index (κ3) is 3.43. The molecule has 0 saturated carbocycles. The van der Waals surface area contributed by atoms with Crippen molar-refractivity contribution in [2.45, 2.75) is 6.42 Å². The molecule has 0 aliphatic carbocycles. The lowest BCUT2D eigenvalue weighted by Crippen LogP contribution is -2.08. The van der Waals surface area contributed by atoms with Crippen molar-refractivity contribution in [3.05, 3.63) is 23.8 Å². The van der Waals surface area contributed by atoms with Crippen LogP contribution in [0.5, 0.6) is 5.75 Å². The number of carbonyl (C=O) groups excluding carboxylic acids is 1. The maximum atomic E-state index is 11.5. The molecule has 0 heterocycles. The quantitative estimate of drug-likeness (QED) is 0.340.